The summed E-state index contributed by atoms with van der Waals surface area (Å²) in [5.74, 6) is -0.0611. The average Bonchev–Trinajstić information content (AvgIpc) is 2.48. The summed E-state index contributed by atoms with van der Waals surface area (Å²) in [6, 6.07) is 1.71. The fraction of sp³-hybridized carbons (Fsp3) is 0.556. The van der Waals surface area contributed by atoms with Crippen LogP contribution in [0.2, 0.25) is 0 Å². The van der Waals surface area contributed by atoms with Gasteiger partial charge in [-0.1, -0.05) is 0 Å². The van der Waals surface area contributed by atoms with Gasteiger partial charge in [0.15, 0.2) is 0 Å². The van der Waals surface area contributed by atoms with Crippen molar-refractivity contribution in [2.75, 3.05) is 13.1 Å². The van der Waals surface area contributed by atoms with Crippen molar-refractivity contribution in [3.63, 3.8) is 0 Å². The number of nitrogens with zero attached hydrogens (tertiary/aromatic N) is 2. The summed E-state index contributed by atoms with van der Waals surface area (Å²) in [5.41, 5.74) is 0.500. The SMILES string of the molecule is Cn1nccc1C(=O)NC1(C)CNC1. The van der Waals surface area contributed by atoms with Gasteiger partial charge in [-0.25, -0.2) is 0 Å². The third kappa shape index (κ3) is 1.50. The van der Waals surface area contributed by atoms with Gasteiger partial charge in [0.05, 0.1) is 5.54 Å². The van der Waals surface area contributed by atoms with Crippen LogP contribution in [0, 0.1) is 0 Å². The molecule has 0 saturated carbocycles. The van der Waals surface area contributed by atoms with Gasteiger partial charge in [-0.2, -0.15) is 5.10 Å². The highest BCUT2D eigenvalue weighted by molar-refractivity contribution is 5.93. The molecular formula is C9H14N4O. The highest BCUT2D eigenvalue weighted by Gasteiger charge is 2.33. The molecule has 5 nitrogen and oxygen atoms in total. The first-order valence-electron chi connectivity index (χ1n) is 4.62. The normalized spacial score (nSPS) is 18.7. The van der Waals surface area contributed by atoms with Crippen molar-refractivity contribution in [3.05, 3.63) is 18.0 Å². The molecule has 0 atom stereocenters. The lowest BCUT2D eigenvalue weighted by atomic mass is 9.95. The topological polar surface area (TPSA) is 59.0 Å². The number of carbonyl (C=O) groups is 1. The van der Waals surface area contributed by atoms with Gasteiger partial charge in [0, 0.05) is 26.3 Å². The van der Waals surface area contributed by atoms with Crippen molar-refractivity contribution in [2.45, 2.75) is 12.5 Å². The minimum absolute atomic E-state index is 0.0611. The van der Waals surface area contributed by atoms with Gasteiger partial charge in [0.2, 0.25) is 0 Å². The highest BCUT2D eigenvalue weighted by atomic mass is 16.2. The van der Waals surface area contributed by atoms with Crippen molar-refractivity contribution in [2.24, 2.45) is 7.05 Å². The van der Waals surface area contributed by atoms with E-state index in [1.54, 1.807) is 24.0 Å². The van der Waals surface area contributed by atoms with E-state index in [4.69, 9.17) is 0 Å². The zero-order valence-corrected chi connectivity index (χ0v) is 8.37. The molecule has 76 valence electrons. The van der Waals surface area contributed by atoms with Crippen LogP contribution in [0.4, 0.5) is 0 Å². The molecule has 1 aliphatic heterocycles. The second kappa shape index (κ2) is 3.09. The Morgan fingerprint density at radius 2 is 2.43 bits per heavy atom. The number of rotatable bonds is 2. The van der Waals surface area contributed by atoms with Crippen LogP contribution in [0.5, 0.6) is 0 Å². The van der Waals surface area contributed by atoms with E-state index in [1.807, 2.05) is 6.92 Å². The Hall–Kier alpha value is -1.36. The Morgan fingerprint density at radius 3 is 2.86 bits per heavy atom. The summed E-state index contributed by atoms with van der Waals surface area (Å²) in [6.07, 6.45) is 1.62. The number of hydrogen-bond donors (Lipinski definition) is 2. The minimum Gasteiger partial charge on any atom is -0.343 e. The largest absolute Gasteiger partial charge is 0.343 e. The molecule has 0 aromatic carbocycles. The fourth-order valence-corrected chi connectivity index (χ4v) is 1.52. The maximum atomic E-state index is 11.7. The number of aryl methyl sites for hydroxylation is 1. The van der Waals surface area contributed by atoms with E-state index in [1.165, 1.54) is 0 Å². The summed E-state index contributed by atoms with van der Waals surface area (Å²) >= 11 is 0. The third-order valence-corrected chi connectivity index (χ3v) is 2.50. The van der Waals surface area contributed by atoms with E-state index >= 15 is 0 Å². The molecule has 0 aliphatic carbocycles. The van der Waals surface area contributed by atoms with Crippen LogP contribution in [0.15, 0.2) is 12.3 Å². The molecule has 1 aromatic rings. The van der Waals surface area contributed by atoms with Crippen molar-refractivity contribution >= 4 is 5.91 Å². The van der Waals surface area contributed by atoms with Gasteiger partial charge in [0.1, 0.15) is 5.69 Å². The smallest absolute Gasteiger partial charge is 0.270 e. The molecule has 1 aliphatic rings. The van der Waals surface area contributed by atoms with Crippen LogP contribution in [-0.4, -0.2) is 34.3 Å². The molecule has 5 heteroatoms. The standard InChI is InChI=1S/C9H14N4O/c1-9(5-10-6-9)12-8(14)7-3-4-11-13(7)2/h3-4,10H,5-6H2,1-2H3,(H,12,14). The van der Waals surface area contributed by atoms with Gasteiger partial charge in [-0.3, -0.25) is 9.48 Å². The second-order valence-corrected chi connectivity index (χ2v) is 3.96. The van der Waals surface area contributed by atoms with E-state index in [0.29, 0.717) is 5.69 Å². The van der Waals surface area contributed by atoms with E-state index < -0.39 is 0 Å². The molecule has 1 fully saturated rings. The van der Waals surface area contributed by atoms with Gasteiger partial charge in [-0.05, 0) is 13.0 Å². The Morgan fingerprint density at radius 1 is 1.71 bits per heavy atom. The molecule has 0 unspecified atom stereocenters. The summed E-state index contributed by atoms with van der Waals surface area (Å²) in [4.78, 5) is 11.7. The molecule has 2 rings (SSSR count). The molecule has 0 radical (unpaired) electrons. The monoisotopic (exact) mass is 194 g/mol. The Kier molecular flexibility index (Phi) is 2.03. The van der Waals surface area contributed by atoms with Crippen LogP contribution < -0.4 is 10.6 Å². The van der Waals surface area contributed by atoms with Gasteiger partial charge in [-0.15, -0.1) is 0 Å². The molecule has 0 spiro atoms. The first kappa shape index (κ1) is 9.21. The zero-order valence-electron chi connectivity index (χ0n) is 8.37. The Bertz CT molecular complexity index is 353. The molecule has 1 aromatic heterocycles. The molecule has 0 bridgehead atoms. The summed E-state index contributed by atoms with van der Waals surface area (Å²) in [6.45, 7) is 3.69. The van der Waals surface area contributed by atoms with Crippen molar-refractivity contribution in [3.8, 4) is 0 Å². The molecule has 2 N–H and O–H groups in total. The van der Waals surface area contributed by atoms with Crippen LogP contribution in [0.25, 0.3) is 0 Å². The lowest BCUT2D eigenvalue weighted by Crippen LogP contribution is -2.67. The second-order valence-electron chi connectivity index (χ2n) is 3.96. The first-order chi connectivity index (χ1) is 6.61. The molecule has 2 heterocycles. The number of amides is 1. The number of carbonyl (C=O) groups excluding carboxylic acids is 1. The average molecular weight is 194 g/mol. The Balaban J connectivity index is 2.06. The van der Waals surface area contributed by atoms with Crippen LogP contribution >= 0.6 is 0 Å². The van der Waals surface area contributed by atoms with Crippen molar-refractivity contribution in [1.29, 1.82) is 0 Å². The van der Waals surface area contributed by atoms with Gasteiger partial charge >= 0.3 is 0 Å². The minimum atomic E-state index is -0.0959. The first-order valence-corrected chi connectivity index (χ1v) is 4.62. The fourth-order valence-electron chi connectivity index (χ4n) is 1.52. The van der Waals surface area contributed by atoms with Crippen LogP contribution in [0.1, 0.15) is 17.4 Å². The lowest BCUT2D eigenvalue weighted by molar-refractivity contribution is 0.0862. The maximum Gasteiger partial charge on any atom is 0.270 e. The number of nitrogens with one attached hydrogen (secondary N) is 2. The molecule has 1 amide bonds. The van der Waals surface area contributed by atoms with E-state index in [0.717, 1.165) is 13.1 Å². The maximum absolute atomic E-state index is 11.7. The number of hydrogen-bond acceptors (Lipinski definition) is 3. The summed E-state index contributed by atoms with van der Waals surface area (Å²) in [7, 11) is 1.76. The summed E-state index contributed by atoms with van der Waals surface area (Å²) < 4.78 is 1.57. The predicted octanol–water partition coefficient (Wildman–Crippen LogP) is -0.488. The van der Waals surface area contributed by atoms with Crippen molar-refractivity contribution < 1.29 is 4.79 Å². The van der Waals surface area contributed by atoms with Crippen molar-refractivity contribution in [1.82, 2.24) is 20.4 Å². The van der Waals surface area contributed by atoms with Gasteiger partial charge < -0.3 is 10.6 Å². The van der Waals surface area contributed by atoms with Crippen LogP contribution in [0.3, 0.4) is 0 Å². The highest BCUT2D eigenvalue weighted by Crippen LogP contribution is 2.10. The van der Waals surface area contributed by atoms with E-state index in [2.05, 4.69) is 15.7 Å². The van der Waals surface area contributed by atoms with E-state index in [9.17, 15) is 4.79 Å². The van der Waals surface area contributed by atoms with Gasteiger partial charge in [0.25, 0.3) is 5.91 Å². The van der Waals surface area contributed by atoms with Crippen LogP contribution in [-0.2, 0) is 7.05 Å². The zero-order chi connectivity index (χ0) is 10.2. The quantitative estimate of drug-likeness (QED) is 0.668. The summed E-state index contributed by atoms with van der Waals surface area (Å²) in [5, 5.41) is 10.1. The predicted molar refractivity (Wildman–Crippen MR) is 51.9 cm³/mol. The lowest BCUT2D eigenvalue weighted by Gasteiger charge is -2.39. The Labute approximate surface area is 82.5 Å². The van der Waals surface area contributed by atoms with E-state index in [-0.39, 0.29) is 11.4 Å². The third-order valence-electron chi connectivity index (χ3n) is 2.50. The number of aromatic nitrogens is 2. The molecule has 14 heavy (non-hydrogen) atoms. The molecular weight excluding hydrogens is 180 g/mol. The molecule has 1 saturated heterocycles.